The van der Waals surface area contributed by atoms with Gasteiger partial charge in [-0.15, -0.1) is 22.7 Å². The topological polar surface area (TPSA) is 17.0 Å². The van der Waals surface area contributed by atoms with Crippen molar-refractivity contribution in [2.24, 2.45) is 0 Å². The average molecular weight is 811 g/mol. The molecule has 4 heterocycles. The van der Waals surface area contributed by atoms with Crippen LogP contribution in [0.25, 0.3) is 80.0 Å². The van der Waals surface area contributed by atoms with Gasteiger partial charge in [-0.3, -0.25) is 0 Å². The monoisotopic (exact) mass is 810 g/mol. The van der Waals surface area contributed by atoms with Crippen LogP contribution >= 0.6 is 22.7 Å². The van der Waals surface area contributed by atoms with E-state index in [1.807, 2.05) is 22.7 Å². The molecule has 5 heteroatoms. The van der Waals surface area contributed by atoms with E-state index in [0.717, 1.165) is 18.7 Å². The molecule has 0 spiro atoms. The number of anilines is 2. The molecular weight excluding hydrogens is 764 g/mol. The Bertz CT molecular complexity index is 3470. The van der Waals surface area contributed by atoms with E-state index in [0.29, 0.717) is 0 Å². The van der Waals surface area contributed by atoms with Crippen molar-refractivity contribution in [1.82, 2.24) is 4.57 Å². The van der Waals surface area contributed by atoms with Crippen molar-refractivity contribution in [3.8, 4) is 27.9 Å². The first-order valence-corrected chi connectivity index (χ1v) is 23.0. The number of aromatic nitrogens is 1. The second-order valence-corrected chi connectivity index (χ2v) is 22.1. The standard InChI is InChI=1S/C55H47BN2S2/c1-53(2,3)30-17-20-32(21-18-30)57-44-28-43-37(33-13-9-11-15-42(33)55(43,7)8)26-38(44)35-22-23-36-39-27-40-34-14-10-12-16-46(34)59-48(40)29-45(39)58-50(36)49(35)56-52-51(58)41-25-31(54(4,5)6)19-24-47(41)60-52/h9-29,56-57H,1-8H3. The van der Waals surface area contributed by atoms with E-state index in [4.69, 9.17) is 0 Å². The van der Waals surface area contributed by atoms with Crippen LogP contribution in [0.15, 0.2) is 127 Å². The fourth-order valence-corrected chi connectivity index (χ4v) is 12.8. The fourth-order valence-electron chi connectivity index (χ4n) is 10.5. The van der Waals surface area contributed by atoms with Crippen molar-refractivity contribution in [3.63, 3.8) is 0 Å². The lowest BCUT2D eigenvalue weighted by Gasteiger charge is -2.25. The van der Waals surface area contributed by atoms with Crippen molar-refractivity contribution in [1.29, 1.82) is 0 Å². The van der Waals surface area contributed by atoms with Gasteiger partial charge in [-0.05, 0) is 115 Å². The van der Waals surface area contributed by atoms with Gasteiger partial charge in [0.1, 0.15) is 0 Å². The Morgan fingerprint density at radius 1 is 0.533 bits per heavy atom. The third-order valence-electron chi connectivity index (χ3n) is 13.7. The minimum atomic E-state index is -0.115. The molecule has 292 valence electrons. The summed E-state index contributed by atoms with van der Waals surface area (Å²) >= 11 is 3.89. The highest BCUT2D eigenvalue weighted by molar-refractivity contribution is 7.29. The number of hydrogen-bond donors (Lipinski definition) is 1. The van der Waals surface area contributed by atoms with E-state index in [1.54, 1.807) is 0 Å². The van der Waals surface area contributed by atoms with Crippen molar-refractivity contribution in [2.45, 2.75) is 71.6 Å². The van der Waals surface area contributed by atoms with Gasteiger partial charge in [0.05, 0.1) is 11.2 Å². The number of benzene rings is 7. The zero-order valence-corrected chi connectivity index (χ0v) is 37.2. The summed E-state index contributed by atoms with van der Waals surface area (Å²) in [6.07, 6.45) is 0. The van der Waals surface area contributed by atoms with Crippen LogP contribution in [0.5, 0.6) is 0 Å². The molecular formula is C55H47BN2S2. The lowest BCUT2D eigenvalue weighted by molar-refractivity contribution is 0.590. The number of fused-ring (bicyclic) bond motifs is 13. The Morgan fingerprint density at radius 3 is 2.07 bits per heavy atom. The molecule has 0 radical (unpaired) electrons. The molecule has 0 saturated heterocycles. The quantitative estimate of drug-likeness (QED) is 0.176. The second kappa shape index (κ2) is 12.2. The highest BCUT2D eigenvalue weighted by Crippen LogP contribution is 2.52. The van der Waals surface area contributed by atoms with Crippen molar-refractivity contribution in [2.75, 3.05) is 5.32 Å². The van der Waals surface area contributed by atoms with Gasteiger partial charge in [0.2, 0.25) is 7.28 Å². The maximum Gasteiger partial charge on any atom is 0.211 e. The zero-order valence-electron chi connectivity index (χ0n) is 35.6. The van der Waals surface area contributed by atoms with Crippen molar-refractivity contribution in [3.05, 3.63) is 150 Å². The lowest BCUT2D eigenvalue weighted by atomic mass is 9.63. The van der Waals surface area contributed by atoms with Crippen LogP contribution in [0, 0.1) is 0 Å². The van der Waals surface area contributed by atoms with Crippen LogP contribution < -0.4 is 15.6 Å². The summed E-state index contributed by atoms with van der Waals surface area (Å²) in [6, 6.07) is 49.1. The molecule has 0 unspecified atom stereocenters. The molecule has 10 aromatic rings. The van der Waals surface area contributed by atoms with Crippen molar-refractivity contribution < 1.29 is 0 Å². The van der Waals surface area contributed by atoms with E-state index >= 15 is 0 Å². The number of nitrogens with one attached hydrogen (secondary N) is 1. The van der Waals surface area contributed by atoms with E-state index in [9.17, 15) is 0 Å². The van der Waals surface area contributed by atoms with Crippen LogP contribution in [-0.4, -0.2) is 11.8 Å². The molecule has 0 saturated carbocycles. The molecule has 1 aliphatic carbocycles. The fraction of sp³-hybridized carbons (Fsp3) is 0.200. The van der Waals surface area contributed by atoms with Crippen LogP contribution in [0.4, 0.5) is 11.4 Å². The minimum absolute atomic E-state index is 0.0529. The van der Waals surface area contributed by atoms with E-state index in [2.05, 4.69) is 193 Å². The van der Waals surface area contributed by atoms with Crippen LogP contribution in [0.3, 0.4) is 0 Å². The van der Waals surface area contributed by atoms with Crippen LogP contribution in [-0.2, 0) is 16.2 Å². The average Bonchev–Trinajstić information content (AvgIpc) is 3.93. The summed E-state index contributed by atoms with van der Waals surface area (Å²) in [5, 5.41) is 10.7. The first kappa shape index (κ1) is 36.3. The van der Waals surface area contributed by atoms with E-state index < -0.39 is 0 Å². The third kappa shape index (κ3) is 5.12. The predicted octanol–water partition coefficient (Wildman–Crippen LogP) is 14.4. The summed E-state index contributed by atoms with van der Waals surface area (Å²) in [7, 11) is 0.888. The Kier molecular flexibility index (Phi) is 7.40. The molecule has 12 rings (SSSR count). The number of thiophene rings is 2. The highest BCUT2D eigenvalue weighted by Gasteiger charge is 2.37. The SMILES string of the molecule is CC(C)(C)c1ccc(Nc2cc3c(cc2-c2ccc4c5cc6c(cc5n5c4c2Bc2sc4ccc(C(C)(C)C)cc4c2-5)sc2ccccc26)-c2ccccc2C3(C)C)cc1. The number of nitrogens with zero attached hydrogens (tertiary/aromatic N) is 1. The van der Waals surface area contributed by atoms with Gasteiger partial charge in [-0.2, -0.15) is 0 Å². The molecule has 1 aliphatic heterocycles. The summed E-state index contributed by atoms with van der Waals surface area (Å²) in [5.74, 6) is 0. The molecule has 2 nitrogen and oxygen atoms in total. The molecule has 1 N–H and O–H groups in total. The van der Waals surface area contributed by atoms with Crippen LogP contribution in [0.2, 0.25) is 0 Å². The normalized spacial score (nSPS) is 14.3. The van der Waals surface area contributed by atoms with E-state index in [1.165, 1.54) is 112 Å². The molecule has 0 fully saturated rings. The predicted molar refractivity (Wildman–Crippen MR) is 266 cm³/mol. The van der Waals surface area contributed by atoms with Gasteiger partial charge >= 0.3 is 0 Å². The first-order valence-electron chi connectivity index (χ1n) is 21.4. The second-order valence-electron chi connectivity index (χ2n) is 19.9. The Labute approximate surface area is 360 Å². The maximum atomic E-state index is 4.00. The first-order chi connectivity index (χ1) is 28.7. The molecule has 0 atom stereocenters. The highest BCUT2D eigenvalue weighted by atomic mass is 32.1. The van der Waals surface area contributed by atoms with Gasteiger partial charge in [-0.1, -0.05) is 128 Å². The zero-order chi connectivity index (χ0) is 41.0. The smallest absolute Gasteiger partial charge is 0.211 e. The van der Waals surface area contributed by atoms with Gasteiger partial charge in [0, 0.05) is 68.9 Å². The number of rotatable bonds is 3. The van der Waals surface area contributed by atoms with Gasteiger partial charge in [0.15, 0.2) is 0 Å². The number of hydrogen-bond acceptors (Lipinski definition) is 3. The summed E-state index contributed by atoms with van der Waals surface area (Å²) in [5.41, 5.74) is 18.4. The minimum Gasteiger partial charge on any atom is -0.355 e. The lowest BCUT2D eigenvalue weighted by Crippen LogP contribution is -2.35. The van der Waals surface area contributed by atoms with E-state index in [-0.39, 0.29) is 16.2 Å². The van der Waals surface area contributed by atoms with Crippen molar-refractivity contribution >= 4 is 104 Å². The van der Waals surface area contributed by atoms with Crippen LogP contribution in [0.1, 0.15) is 77.6 Å². The molecule has 2 aliphatic rings. The molecule has 7 aromatic carbocycles. The Morgan fingerprint density at radius 2 is 1.27 bits per heavy atom. The molecule has 60 heavy (non-hydrogen) atoms. The molecule has 3 aromatic heterocycles. The Balaban J connectivity index is 1.16. The Hall–Kier alpha value is -5.62. The van der Waals surface area contributed by atoms with Gasteiger partial charge < -0.3 is 9.88 Å². The molecule has 0 bridgehead atoms. The maximum absolute atomic E-state index is 4.00. The van der Waals surface area contributed by atoms with Gasteiger partial charge in [0.25, 0.3) is 0 Å². The largest absolute Gasteiger partial charge is 0.355 e. The summed E-state index contributed by atoms with van der Waals surface area (Å²) in [4.78, 5) is 0. The van der Waals surface area contributed by atoms with Gasteiger partial charge in [-0.25, -0.2) is 0 Å². The summed E-state index contributed by atoms with van der Waals surface area (Å²) in [6.45, 7) is 18.6. The summed E-state index contributed by atoms with van der Waals surface area (Å²) < 4.78 is 8.15. The third-order valence-corrected chi connectivity index (χ3v) is 16.0. The molecule has 0 amide bonds.